The first-order valence-corrected chi connectivity index (χ1v) is 13.8. The Morgan fingerprint density at radius 3 is 2.62 bits per heavy atom. The first-order chi connectivity index (χ1) is 18.0. The SMILES string of the molecule is C=C/C(=C\C=C(\C)CCC)c1cc2c(c(Nc3ccc(C4CN(C)C4)cc3)n1)/C(=C/CCCC)NC=C2. The molecule has 2 aromatic rings. The van der Waals surface area contributed by atoms with Crippen LogP contribution in [-0.2, 0) is 0 Å². The Kier molecular flexibility index (Phi) is 9.19. The van der Waals surface area contributed by atoms with Crippen LogP contribution in [0.2, 0.25) is 0 Å². The van der Waals surface area contributed by atoms with Crippen LogP contribution in [0.3, 0.4) is 0 Å². The molecule has 0 radical (unpaired) electrons. The highest BCUT2D eigenvalue weighted by atomic mass is 15.2. The van der Waals surface area contributed by atoms with E-state index >= 15 is 0 Å². The summed E-state index contributed by atoms with van der Waals surface area (Å²) in [4.78, 5) is 7.50. The molecule has 2 aliphatic rings. The second kappa shape index (κ2) is 12.7. The highest BCUT2D eigenvalue weighted by Gasteiger charge is 2.24. The highest BCUT2D eigenvalue weighted by molar-refractivity contribution is 5.88. The number of likely N-dealkylation sites (tertiary alicyclic amines) is 1. The number of unbranched alkanes of at least 4 members (excludes halogenated alkanes) is 2. The van der Waals surface area contributed by atoms with Crippen LogP contribution in [0.15, 0.2) is 73.0 Å². The third kappa shape index (κ3) is 6.69. The molecular weight excluding hydrogens is 452 g/mol. The Morgan fingerprint density at radius 1 is 1.16 bits per heavy atom. The average molecular weight is 495 g/mol. The molecule has 0 aliphatic carbocycles. The molecule has 4 rings (SSSR count). The second-order valence-electron chi connectivity index (χ2n) is 10.3. The number of pyridine rings is 1. The zero-order valence-corrected chi connectivity index (χ0v) is 23.0. The van der Waals surface area contributed by atoms with Gasteiger partial charge in [0.2, 0.25) is 0 Å². The number of rotatable bonds is 11. The lowest BCUT2D eigenvalue weighted by atomic mass is 9.92. The fourth-order valence-corrected chi connectivity index (χ4v) is 4.98. The summed E-state index contributed by atoms with van der Waals surface area (Å²) in [5, 5.41) is 7.13. The minimum atomic E-state index is 0.639. The zero-order valence-electron chi connectivity index (χ0n) is 23.0. The van der Waals surface area contributed by atoms with Crippen molar-refractivity contribution in [1.29, 1.82) is 0 Å². The maximum absolute atomic E-state index is 5.15. The van der Waals surface area contributed by atoms with Crippen LogP contribution in [-0.4, -0.2) is 30.0 Å². The largest absolute Gasteiger partial charge is 0.361 e. The highest BCUT2D eigenvalue weighted by Crippen LogP contribution is 2.34. The molecule has 1 fully saturated rings. The van der Waals surface area contributed by atoms with E-state index in [1.165, 1.54) is 24.0 Å². The lowest BCUT2D eigenvalue weighted by Gasteiger charge is -2.36. The predicted octanol–water partition coefficient (Wildman–Crippen LogP) is 8.28. The molecule has 4 heteroatoms. The van der Waals surface area contributed by atoms with E-state index in [0.717, 1.165) is 71.9 Å². The van der Waals surface area contributed by atoms with Crippen LogP contribution in [0.4, 0.5) is 11.5 Å². The van der Waals surface area contributed by atoms with Crippen LogP contribution in [0.5, 0.6) is 0 Å². The summed E-state index contributed by atoms with van der Waals surface area (Å²) < 4.78 is 0. The van der Waals surface area contributed by atoms with E-state index in [2.05, 4.69) is 105 Å². The Morgan fingerprint density at radius 2 is 1.95 bits per heavy atom. The molecule has 1 aromatic heterocycles. The number of hydrogen-bond acceptors (Lipinski definition) is 4. The van der Waals surface area contributed by atoms with Crippen molar-refractivity contribution in [3.8, 4) is 0 Å². The Labute approximate surface area is 223 Å². The summed E-state index contributed by atoms with van der Waals surface area (Å²) in [5.74, 6) is 1.51. The molecule has 1 aromatic carbocycles. The summed E-state index contributed by atoms with van der Waals surface area (Å²) in [7, 11) is 2.18. The fourth-order valence-electron chi connectivity index (χ4n) is 4.98. The Bertz CT molecular complexity index is 1210. The van der Waals surface area contributed by atoms with Gasteiger partial charge in [-0.1, -0.05) is 75.3 Å². The smallest absolute Gasteiger partial charge is 0.141 e. The summed E-state index contributed by atoms with van der Waals surface area (Å²) in [6.45, 7) is 13.0. The van der Waals surface area contributed by atoms with Crippen molar-refractivity contribution in [1.82, 2.24) is 15.2 Å². The maximum atomic E-state index is 5.15. The van der Waals surface area contributed by atoms with Gasteiger partial charge in [-0.3, -0.25) is 0 Å². The minimum Gasteiger partial charge on any atom is -0.361 e. The lowest BCUT2D eigenvalue weighted by molar-refractivity contribution is 0.190. The van der Waals surface area contributed by atoms with Crippen LogP contribution in [0, 0.1) is 0 Å². The summed E-state index contributed by atoms with van der Waals surface area (Å²) in [6, 6.07) is 11.0. The fraction of sp³-hybridized carbons (Fsp3) is 0.364. The summed E-state index contributed by atoms with van der Waals surface area (Å²) in [5.41, 5.74) is 9.15. The van der Waals surface area contributed by atoms with E-state index in [4.69, 9.17) is 4.98 Å². The molecule has 2 N–H and O–H groups in total. The van der Waals surface area contributed by atoms with E-state index in [9.17, 15) is 0 Å². The van der Waals surface area contributed by atoms with Gasteiger partial charge in [-0.05, 0) is 74.2 Å². The molecule has 3 heterocycles. The molecule has 37 heavy (non-hydrogen) atoms. The number of nitrogens with one attached hydrogen (secondary N) is 2. The predicted molar refractivity (Wildman–Crippen MR) is 161 cm³/mol. The normalized spacial score (nSPS) is 17.4. The third-order valence-electron chi connectivity index (χ3n) is 7.14. The Hall–Kier alpha value is -3.37. The van der Waals surface area contributed by atoms with Gasteiger partial charge in [0.25, 0.3) is 0 Å². The van der Waals surface area contributed by atoms with E-state index < -0.39 is 0 Å². The second-order valence-corrected chi connectivity index (χ2v) is 10.3. The van der Waals surface area contributed by atoms with Gasteiger partial charge in [-0.25, -0.2) is 4.98 Å². The molecule has 0 unspecified atom stereocenters. The van der Waals surface area contributed by atoms with E-state index in [1.54, 1.807) is 0 Å². The number of likely N-dealkylation sites (N-methyl/N-ethyl adjacent to an activating group) is 1. The van der Waals surface area contributed by atoms with Crippen molar-refractivity contribution in [2.75, 3.05) is 25.5 Å². The molecule has 0 amide bonds. The van der Waals surface area contributed by atoms with E-state index in [1.807, 2.05) is 12.3 Å². The molecule has 1 saturated heterocycles. The van der Waals surface area contributed by atoms with Crippen molar-refractivity contribution in [2.45, 2.75) is 58.8 Å². The van der Waals surface area contributed by atoms with Gasteiger partial charge in [0.15, 0.2) is 0 Å². The quantitative estimate of drug-likeness (QED) is 0.244. The van der Waals surface area contributed by atoms with E-state index in [-0.39, 0.29) is 0 Å². The number of hydrogen-bond donors (Lipinski definition) is 2. The topological polar surface area (TPSA) is 40.2 Å². The molecule has 194 valence electrons. The molecule has 0 atom stereocenters. The molecular formula is C33H42N4. The number of allylic oxidation sites excluding steroid dienone is 6. The standard InChI is InChI=1S/C33H42N4/c1-6-9-10-12-30-32-27(19-20-34-30)21-31(25(8-3)14-13-24(4)11-7-2)36-33(32)35-29-17-15-26(16-18-29)28-22-37(5)23-28/h8,12-21,28,34H,3,6-7,9-11,22-23H2,1-2,4-5H3,(H,35,36)/b24-13-,25-14+,30-12-. The van der Waals surface area contributed by atoms with Gasteiger partial charge in [0, 0.05) is 42.2 Å². The van der Waals surface area contributed by atoms with Crippen molar-refractivity contribution >= 4 is 28.9 Å². The molecule has 2 aliphatic heterocycles. The maximum Gasteiger partial charge on any atom is 0.141 e. The monoisotopic (exact) mass is 494 g/mol. The van der Waals surface area contributed by atoms with Crippen LogP contribution in [0.1, 0.15) is 81.2 Å². The van der Waals surface area contributed by atoms with Gasteiger partial charge in [-0.15, -0.1) is 0 Å². The minimum absolute atomic E-state index is 0.639. The van der Waals surface area contributed by atoms with E-state index in [0.29, 0.717) is 5.92 Å². The first kappa shape index (κ1) is 26.7. The van der Waals surface area contributed by atoms with Crippen molar-refractivity contribution < 1.29 is 0 Å². The average Bonchev–Trinajstić information content (AvgIpc) is 2.88. The number of benzene rings is 1. The first-order valence-electron chi connectivity index (χ1n) is 13.8. The van der Waals surface area contributed by atoms with Gasteiger partial charge in [-0.2, -0.15) is 0 Å². The van der Waals surface area contributed by atoms with Crippen molar-refractivity contribution in [3.05, 3.63) is 95.4 Å². The lowest BCUT2D eigenvalue weighted by Crippen LogP contribution is -2.41. The number of aromatic nitrogens is 1. The number of nitrogens with zero attached hydrogens (tertiary/aromatic N) is 2. The van der Waals surface area contributed by atoms with Gasteiger partial charge in [0.05, 0.1) is 5.69 Å². The number of fused-ring (bicyclic) bond motifs is 1. The summed E-state index contributed by atoms with van der Waals surface area (Å²) >= 11 is 0. The van der Waals surface area contributed by atoms with Crippen LogP contribution >= 0.6 is 0 Å². The molecule has 0 saturated carbocycles. The zero-order chi connectivity index (χ0) is 26.2. The van der Waals surface area contributed by atoms with Crippen molar-refractivity contribution in [3.63, 3.8) is 0 Å². The van der Waals surface area contributed by atoms with Crippen LogP contribution in [0.25, 0.3) is 17.3 Å². The molecule has 0 spiro atoms. The Balaban J connectivity index is 1.72. The third-order valence-corrected chi connectivity index (χ3v) is 7.14. The van der Waals surface area contributed by atoms with Crippen LogP contribution < -0.4 is 10.6 Å². The molecule has 0 bridgehead atoms. The molecule has 4 nitrogen and oxygen atoms in total. The summed E-state index contributed by atoms with van der Waals surface area (Å²) in [6.07, 6.45) is 18.3. The van der Waals surface area contributed by atoms with Gasteiger partial charge >= 0.3 is 0 Å². The van der Waals surface area contributed by atoms with Gasteiger partial charge in [0.1, 0.15) is 5.82 Å². The number of anilines is 2. The van der Waals surface area contributed by atoms with Gasteiger partial charge < -0.3 is 15.5 Å². The van der Waals surface area contributed by atoms with Crippen molar-refractivity contribution in [2.24, 2.45) is 0 Å².